The molecule has 24 nitrogen and oxygen atoms in total. The van der Waals surface area contributed by atoms with E-state index in [1.165, 1.54) is 0 Å². The van der Waals surface area contributed by atoms with E-state index < -0.39 is 0 Å². The van der Waals surface area contributed by atoms with Gasteiger partial charge in [-0.15, -0.1) is 0 Å². The van der Waals surface area contributed by atoms with Gasteiger partial charge in [0.15, 0.2) is 23.3 Å². The second kappa shape index (κ2) is 33.4. The molecule has 17 rings (SSSR count). The fourth-order valence-corrected chi connectivity index (χ4v) is 16.7. The Morgan fingerprint density at radius 3 is 0.758 bits per heavy atom. The standard InChI is InChI=1S/C96H94N12O12/c1-13-105(14-2)41-37-69-53(9)65-29-21-61(49-81(65)117-93(69)109)113-57-25-33-73-77(45-57)89-97-85(73)102-90-79-47-59(115-63-23-31-67-55(11)71(39-43-107(17-5)18-6)95(111)119-83(67)51-63)27-35-75(79)87(99-90)104-92-80-48-60(116-64-24-32-68-56(12)72(40-44-108(19-7)20-8)96(112)120-84(68)52-64)28-36-76(80)88(100-92)103-91-78-46-58(26-34-74(78)86(98-91)101-89)114-62-22-30-66-54(10)70(38-42-106(15-3)16-4)94(110)118-82(66)50-62/h21-36,45-52H,13-20,37-44H2,1-12H3,(H2,97,98,99,100,101,102,103,104). The predicted molar refractivity (Wildman–Crippen MR) is 471 cm³/mol. The Morgan fingerprint density at radius 2 is 0.492 bits per heavy atom. The van der Waals surface area contributed by atoms with Crippen molar-refractivity contribution < 1.29 is 36.6 Å². The van der Waals surface area contributed by atoms with Crippen molar-refractivity contribution in [2.24, 2.45) is 0 Å². The third kappa shape index (κ3) is 15.5. The van der Waals surface area contributed by atoms with E-state index in [0.717, 1.165) is 122 Å². The lowest BCUT2D eigenvalue weighted by Crippen LogP contribution is -2.27. The number of hydrogen-bond acceptors (Lipinski definition) is 22. The average molecular weight is 1610 g/mol. The van der Waals surface area contributed by atoms with Crippen molar-refractivity contribution in [2.75, 3.05) is 78.5 Å². The van der Waals surface area contributed by atoms with E-state index in [1.54, 1.807) is 24.3 Å². The van der Waals surface area contributed by atoms with Crippen LogP contribution >= 0.6 is 0 Å². The van der Waals surface area contributed by atoms with Gasteiger partial charge in [-0.05, 0) is 249 Å². The summed E-state index contributed by atoms with van der Waals surface area (Å²) in [7, 11) is 0. The normalized spacial score (nSPS) is 12.1. The molecule has 0 amide bonds. The molecule has 0 saturated heterocycles. The van der Waals surface area contributed by atoms with Gasteiger partial charge in [0.1, 0.15) is 90.9 Å². The molecular weight excluding hydrogens is 1510 g/mol. The monoisotopic (exact) mass is 1610 g/mol. The molecule has 0 atom stereocenters. The van der Waals surface area contributed by atoms with Gasteiger partial charge in [-0.25, -0.2) is 49.1 Å². The van der Waals surface area contributed by atoms with Gasteiger partial charge in [-0.2, -0.15) is 0 Å². The molecule has 9 heterocycles. The average Bonchev–Trinajstić information content (AvgIpc) is 1.57. The maximum atomic E-state index is 13.7. The Morgan fingerprint density at radius 1 is 0.267 bits per heavy atom. The third-order valence-electron chi connectivity index (χ3n) is 24.0. The largest absolute Gasteiger partial charge is 0.457 e. The van der Waals surface area contributed by atoms with E-state index in [-0.39, 0.29) is 34.2 Å². The molecule has 2 aliphatic rings. The molecule has 0 unspecified atom stereocenters. The van der Waals surface area contributed by atoms with Crippen LogP contribution in [-0.2, 0) is 25.7 Å². The number of aromatic nitrogens is 8. The van der Waals surface area contributed by atoms with Gasteiger partial charge in [0, 0.05) is 138 Å². The summed E-state index contributed by atoms with van der Waals surface area (Å²) in [6, 6.07) is 44.5. The zero-order valence-electron chi connectivity index (χ0n) is 69.5. The Hall–Kier alpha value is -13.0. The zero-order valence-corrected chi connectivity index (χ0v) is 69.5. The number of fused-ring (bicyclic) bond motifs is 24. The number of aryl methyl sites for hydroxylation is 4. The molecular formula is C96H94N12O12. The lowest BCUT2D eigenvalue weighted by atomic mass is 10.0. The van der Waals surface area contributed by atoms with E-state index in [1.807, 2.05) is 149 Å². The van der Waals surface area contributed by atoms with Crippen LogP contribution in [0.1, 0.15) is 99.9 Å². The van der Waals surface area contributed by atoms with E-state index in [2.05, 4.69) is 85.0 Å². The fourth-order valence-electron chi connectivity index (χ4n) is 16.7. The van der Waals surface area contributed by atoms with E-state index in [0.29, 0.717) is 194 Å². The van der Waals surface area contributed by atoms with Crippen LogP contribution in [0.4, 0.5) is 0 Å². The summed E-state index contributed by atoms with van der Waals surface area (Å²) in [5.74, 6) is 4.67. The van der Waals surface area contributed by atoms with E-state index in [4.69, 9.17) is 66.5 Å². The summed E-state index contributed by atoms with van der Waals surface area (Å²) in [6.07, 6.45) is 2.26. The van der Waals surface area contributed by atoms with Gasteiger partial charge in [0.25, 0.3) is 0 Å². The SMILES string of the molecule is CCN(CC)CCc1c(C)c2ccc(Oc3ccc4c(c3)-c3nc-4nc4[nH]c(nc5nc(nc6[nH]c(n3)c3ccc(Oc7ccc8c(C)c(CCN(CC)CC)c(=O)oc8c7)cc63)-c3ccc(Oc6ccc7c(C)c(CCN(CC)CC)c(=O)oc7c6)cc3-5)c3ccc(Oc5ccc6c(C)c(CCN(CC)CC)c(=O)oc6c5)cc43)cc2oc1=O. The van der Waals surface area contributed by atoms with Gasteiger partial charge >= 0.3 is 22.5 Å². The quantitative estimate of drug-likeness (QED) is 0.0431. The van der Waals surface area contributed by atoms with Crippen molar-refractivity contribution in [3.05, 3.63) is 232 Å². The van der Waals surface area contributed by atoms with E-state index in [9.17, 15) is 19.2 Å². The van der Waals surface area contributed by atoms with Crippen LogP contribution in [-0.4, -0.2) is 138 Å². The van der Waals surface area contributed by atoms with Gasteiger partial charge in [0.2, 0.25) is 0 Å². The zero-order chi connectivity index (χ0) is 83.3. The summed E-state index contributed by atoms with van der Waals surface area (Å²) in [5, 5.41) is 5.77. The Balaban J connectivity index is 0.820. The van der Waals surface area contributed by atoms with Gasteiger partial charge in [-0.3, -0.25) is 0 Å². The molecule has 0 spiro atoms. The number of nitrogens with zero attached hydrogens (tertiary/aromatic N) is 10. The molecule has 610 valence electrons. The molecule has 15 aromatic rings. The molecule has 2 N–H and O–H groups in total. The summed E-state index contributed by atoms with van der Waals surface area (Å²) in [6.45, 7) is 34.7. The smallest absolute Gasteiger partial charge is 0.339 e. The molecule has 7 aromatic heterocycles. The first-order chi connectivity index (χ1) is 58.3. The van der Waals surface area contributed by atoms with Crippen molar-refractivity contribution in [1.82, 2.24) is 59.5 Å². The first-order valence-corrected chi connectivity index (χ1v) is 41.5. The minimum absolute atomic E-state index is 0.280. The number of likely N-dealkylation sites (N-methyl/N-ethyl adjacent to an activating group) is 4. The molecule has 24 heteroatoms. The molecule has 8 bridgehead atoms. The number of benzene rings is 8. The lowest BCUT2D eigenvalue weighted by molar-refractivity contribution is 0.306. The Kier molecular flexibility index (Phi) is 22.1. The van der Waals surface area contributed by atoms with Crippen LogP contribution in [0.3, 0.4) is 0 Å². The van der Waals surface area contributed by atoms with Gasteiger partial charge in [0.05, 0.1) is 0 Å². The first-order valence-electron chi connectivity index (χ1n) is 41.5. The van der Waals surface area contributed by atoms with Crippen molar-refractivity contribution >= 4 is 88.0 Å². The Labute approximate surface area is 691 Å². The molecule has 120 heavy (non-hydrogen) atoms. The molecule has 0 aliphatic carbocycles. The van der Waals surface area contributed by atoms with Crippen LogP contribution in [0, 0.1) is 27.7 Å². The van der Waals surface area contributed by atoms with Crippen molar-refractivity contribution in [2.45, 2.75) is 109 Å². The van der Waals surface area contributed by atoms with Crippen LogP contribution in [0.5, 0.6) is 46.0 Å². The van der Waals surface area contributed by atoms with Crippen molar-refractivity contribution in [3.8, 4) is 91.5 Å². The highest BCUT2D eigenvalue weighted by molar-refractivity contribution is 6.07. The first kappa shape index (κ1) is 79.5. The topological polar surface area (TPSA) is 280 Å². The number of ether oxygens (including phenoxy) is 4. The summed E-state index contributed by atoms with van der Waals surface area (Å²) < 4.78 is 51.0. The second-order valence-corrected chi connectivity index (χ2v) is 30.6. The minimum Gasteiger partial charge on any atom is -0.457 e. The van der Waals surface area contributed by atoms with Crippen LogP contribution in [0.15, 0.2) is 182 Å². The summed E-state index contributed by atoms with van der Waals surface area (Å²) >= 11 is 0. The highest BCUT2D eigenvalue weighted by Crippen LogP contribution is 2.44. The van der Waals surface area contributed by atoms with Gasteiger partial charge in [-0.1, -0.05) is 55.4 Å². The molecule has 2 aliphatic heterocycles. The number of rotatable bonds is 28. The van der Waals surface area contributed by atoms with E-state index >= 15 is 0 Å². The molecule has 0 saturated carbocycles. The van der Waals surface area contributed by atoms with Gasteiger partial charge < -0.3 is 66.2 Å². The van der Waals surface area contributed by atoms with Crippen LogP contribution in [0.2, 0.25) is 0 Å². The number of hydrogen-bond donors (Lipinski definition) is 2. The number of nitrogens with one attached hydrogen (secondary N) is 2. The molecule has 0 fully saturated rings. The maximum Gasteiger partial charge on any atom is 0.339 e. The fraction of sp³-hybridized carbons (Fsp3) is 0.292. The summed E-state index contributed by atoms with van der Waals surface area (Å²) in [4.78, 5) is 103. The Bertz CT molecular complexity index is 6610. The maximum absolute atomic E-state index is 13.7. The number of aromatic amines is 2. The molecule has 0 radical (unpaired) electrons. The third-order valence-corrected chi connectivity index (χ3v) is 24.0. The summed E-state index contributed by atoms with van der Waals surface area (Å²) in [5.41, 5.74) is 10.1. The van der Waals surface area contributed by atoms with Crippen LogP contribution in [0.25, 0.3) is 134 Å². The second-order valence-electron chi connectivity index (χ2n) is 30.6. The predicted octanol–water partition coefficient (Wildman–Crippen LogP) is 19.2. The highest BCUT2D eigenvalue weighted by atomic mass is 16.5. The highest BCUT2D eigenvalue weighted by Gasteiger charge is 2.27. The lowest BCUT2D eigenvalue weighted by Gasteiger charge is -2.18. The number of H-pyrrole nitrogens is 2. The van der Waals surface area contributed by atoms with Crippen molar-refractivity contribution in [1.29, 1.82) is 0 Å². The molecule has 8 aromatic carbocycles. The van der Waals surface area contributed by atoms with Crippen molar-refractivity contribution in [3.63, 3.8) is 0 Å². The minimum atomic E-state index is -0.377. The van der Waals surface area contributed by atoms with Crippen LogP contribution < -0.4 is 41.4 Å².